The summed E-state index contributed by atoms with van der Waals surface area (Å²) in [5.74, 6) is -0.103. The Morgan fingerprint density at radius 3 is 2.71 bits per heavy atom. The third kappa shape index (κ3) is 3.10. The molecule has 2 heterocycles. The summed E-state index contributed by atoms with van der Waals surface area (Å²) in [5, 5.41) is 11.9. The third-order valence-corrected chi connectivity index (χ3v) is 3.95. The summed E-state index contributed by atoms with van der Waals surface area (Å²) in [6.45, 7) is 8.37. The number of nitrogens with one attached hydrogen (secondary N) is 1. The molecule has 0 aromatic carbocycles. The molecule has 2 aromatic rings. The lowest BCUT2D eigenvalue weighted by molar-refractivity contribution is -0.124. The van der Waals surface area contributed by atoms with Crippen molar-refractivity contribution in [1.82, 2.24) is 24.9 Å². The maximum atomic E-state index is 12.4. The summed E-state index contributed by atoms with van der Waals surface area (Å²) < 4.78 is 3.49. The van der Waals surface area contributed by atoms with Crippen LogP contribution < -0.4 is 5.32 Å². The highest BCUT2D eigenvalue weighted by Gasteiger charge is 2.21. The van der Waals surface area contributed by atoms with E-state index in [1.165, 1.54) is 0 Å². The van der Waals surface area contributed by atoms with Crippen LogP contribution in [0.2, 0.25) is 5.02 Å². The van der Waals surface area contributed by atoms with Crippen LogP contribution in [0.5, 0.6) is 0 Å². The van der Waals surface area contributed by atoms with Crippen LogP contribution in [0.25, 0.3) is 0 Å². The van der Waals surface area contributed by atoms with Crippen LogP contribution in [-0.4, -0.2) is 25.5 Å². The van der Waals surface area contributed by atoms with Crippen molar-refractivity contribution in [2.75, 3.05) is 0 Å². The van der Waals surface area contributed by atoms with Crippen LogP contribution in [0.1, 0.15) is 44.2 Å². The number of aromatic nitrogens is 4. The molecule has 0 bridgehead atoms. The predicted octanol–water partition coefficient (Wildman–Crippen LogP) is 2.50. The molecule has 2 unspecified atom stereocenters. The average Bonchev–Trinajstić information content (AvgIpc) is 3.06. The number of hydrogen-bond acceptors (Lipinski definition) is 3. The van der Waals surface area contributed by atoms with E-state index in [1.54, 1.807) is 24.0 Å². The second-order valence-corrected chi connectivity index (χ2v) is 5.41. The average molecular weight is 310 g/mol. The monoisotopic (exact) mass is 309 g/mol. The Morgan fingerprint density at radius 1 is 1.43 bits per heavy atom. The van der Waals surface area contributed by atoms with E-state index in [1.807, 2.05) is 31.5 Å². The fourth-order valence-corrected chi connectivity index (χ4v) is 2.42. The predicted molar refractivity (Wildman–Crippen MR) is 81.1 cm³/mol. The van der Waals surface area contributed by atoms with Gasteiger partial charge >= 0.3 is 0 Å². The molecule has 2 atom stereocenters. The number of rotatable bonds is 5. The second kappa shape index (κ2) is 6.30. The molecule has 7 heteroatoms. The van der Waals surface area contributed by atoms with Crippen molar-refractivity contribution < 1.29 is 4.79 Å². The van der Waals surface area contributed by atoms with E-state index in [0.717, 1.165) is 17.9 Å². The van der Waals surface area contributed by atoms with Gasteiger partial charge in [0.1, 0.15) is 6.04 Å². The van der Waals surface area contributed by atoms with Gasteiger partial charge in [-0.2, -0.15) is 10.2 Å². The van der Waals surface area contributed by atoms with Crippen LogP contribution in [0.15, 0.2) is 18.5 Å². The lowest BCUT2D eigenvalue weighted by Crippen LogP contribution is -2.34. The largest absolute Gasteiger partial charge is 0.346 e. The molecule has 0 saturated heterocycles. The highest BCUT2D eigenvalue weighted by Crippen LogP contribution is 2.19. The first-order valence-corrected chi connectivity index (χ1v) is 7.35. The maximum absolute atomic E-state index is 12.4. The van der Waals surface area contributed by atoms with Crippen LogP contribution in [0.3, 0.4) is 0 Å². The highest BCUT2D eigenvalue weighted by molar-refractivity contribution is 6.31. The molecule has 2 aromatic heterocycles. The van der Waals surface area contributed by atoms with E-state index in [2.05, 4.69) is 15.5 Å². The molecule has 0 radical (unpaired) electrons. The highest BCUT2D eigenvalue weighted by atomic mass is 35.5. The van der Waals surface area contributed by atoms with E-state index in [4.69, 9.17) is 11.6 Å². The van der Waals surface area contributed by atoms with E-state index in [0.29, 0.717) is 5.02 Å². The van der Waals surface area contributed by atoms with Gasteiger partial charge in [-0.05, 0) is 33.8 Å². The minimum Gasteiger partial charge on any atom is -0.346 e. The Labute approximate surface area is 129 Å². The van der Waals surface area contributed by atoms with Gasteiger partial charge in [0, 0.05) is 12.7 Å². The molecule has 0 spiro atoms. The van der Waals surface area contributed by atoms with Crippen LogP contribution in [-0.2, 0) is 11.3 Å². The van der Waals surface area contributed by atoms with Gasteiger partial charge in [-0.25, -0.2) is 0 Å². The summed E-state index contributed by atoms with van der Waals surface area (Å²) in [5.41, 5.74) is 1.76. The summed E-state index contributed by atoms with van der Waals surface area (Å²) in [6.07, 6.45) is 3.29. The molecule has 2 rings (SSSR count). The zero-order valence-electron chi connectivity index (χ0n) is 12.7. The van der Waals surface area contributed by atoms with Gasteiger partial charge in [-0.1, -0.05) is 11.6 Å². The number of hydrogen-bond donors (Lipinski definition) is 1. The first-order valence-electron chi connectivity index (χ1n) is 6.97. The van der Waals surface area contributed by atoms with E-state index in [-0.39, 0.29) is 11.9 Å². The molecular weight excluding hydrogens is 290 g/mol. The molecule has 0 aliphatic carbocycles. The van der Waals surface area contributed by atoms with Gasteiger partial charge in [0.25, 0.3) is 0 Å². The van der Waals surface area contributed by atoms with Crippen molar-refractivity contribution in [1.29, 1.82) is 0 Å². The fraction of sp³-hybridized carbons (Fsp3) is 0.500. The molecule has 0 aliphatic heterocycles. The zero-order chi connectivity index (χ0) is 15.6. The molecule has 0 fully saturated rings. The van der Waals surface area contributed by atoms with Gasteiger partial charge in [-0.15, -0.1) is 0 Å². The first kappa shape index (κ1) is 15.6. The first-order chi connectivity index (χ1) is 9.95. The van der Waals surface area contributed by atoms with Crippen LogP contribution >= 0.6 is 11.6 Å². The molecule has 1 N–H and O–H groups in total. The van der Waals surface area contributed by atoms with Crippen molar-refractivity contribution in [3.05, 3.63) is 34.9 Å². The minimum atomic E-state index is -0.419. The number of carbonyl (C=O) groups excluding carboxylic acids is 1. The van der Waals surface area contributed by atoms with Crippen molar-refractivity contribution in [3.63, 3.8) is 0 Å². The Hall–Kier alpha value is -1.82. The topological polar surface area (TPSA) is 64.7 Å². The smallest absolute Gasteiger partial charge is 0.245 e. The molecule has 21 heavy (non-hydrogen) atoms. The Morgan fingerprint density at radius 2 is 2.14 bits per heavy atom. The quantitative estimate of drug-likeness (QED) is 0.923. The number of carbonyl (C=O) groups is 1. The lowest BCUT2D eigenvalue weighted by atomic mass is 10.2. The number of aryl methyl sites for hydroxylation is 1. The molecular formula is C14H20ClN5O. The molecule has 114 valence electrons. The number of nitrogens with zero attached hydrogens (tertiary/aromatic N) is 4. The number of halogens is 1. The second-order valence-electron chi connectivity index (χ2n) is 5.00. The van der Waals surface area contributed by atoms with Gasteiger partial charge in [0.15, 0.2) is 0 Å². The van der Waals surface area contributed by atoms with E-state index < -0.39 is 6.04 Å². The van der Waals surface area contributed by atoms with Gasteiger partial charge in [0.2, 0.25) is 5.91 Å². The summed E-state index contributed by atoms with van der Waals surface area (Å²) in [6, 6.07) is 1.38. The normalized spacial score (nSPS) is 14.0. The molecule has 6 nitrogen and oxygen atoms in total. The maximum Gasteiger partial charge on any atom is 0.245 e. The Kier molecular flexibility index (Phi) is 4.67. The van der Waals surface area contributed by atoms with Crippen LogP contribution in [0, 0.1) is 6.92 Å². The van der Waals surface area contributed by atoms with Crippen molar-refractivity contribution >= 4 is 17.5 Å². The van der Waals surface area contributed by atoms with Crippen molar-refractivity contribution in [3.8, 4) is 0 Å². The van der Waals surface area contributed by atoms with Gasteiger partial charge in [0.05, 0.1) is 28.6 Å². The fourth-order valence-electron chi connectivity index (χ4n) is 2.29. The van der Waals surface area contributed by atoms with Crippen LogP contribution in [0.4, 0.5) is 0 Å². The minimum absolute atomic E-state index is 0.103. The standard InChI is InChI=1S/C14H20ClN5O/c1-5-19-13(6-7-16-19)9(2)18-14(21)11(4)20-10(3)12(15)8-17-20/h6-9,11H,5H2,1-4H3,(H,18,21). The van der Waals surface area contributed by atoms with E-state index in [9.17, 15) is 4.79 Å². The third-order valence-electron chi connectivity index (χ3n) is 3.58. The van der Waals surface area contributed by atoms with Crippen molar-refractivity contribution in [2.45, 2.75) is 46.3 Å². The van der Waals surface area contributed by atoms with Gasteiger partial charge in [-0.3, -0.25) is 14.2 Å². The van der Waals surface area contributed by atoms with Crippen molar-refractivity contribution in [2.24, 2.45) is 0 Å². The molecule has 0 aliphatic rings. The van der Waals surface area contributed by atoms with Gasteiger partial charge < -0.3 is 5.32 Å². The Bertz CT molecular complexity index is 633. The van der Waals surface area contributed by atoms with E-state index >= 15 is 0 Å². The molecule has 1 amide bonds. The summed E-state index contributed by atoms with van der Waals surface area (Å²) >= 11 is 5.98. The lowest BCUT2D eigenvalue weighted by Gasteiger charge is -2.19. The Balaban J connectivity index is 2.09. The molecule has 0 saturated carbocycles. The summed E-state index contributed by atoms with van der Waals surface area (Å²) in [7, 11) is 0. The zero-order valence-corrected chi connectivity index (χ0v) is 13.4. The number of amides is 1. The SMILES string of the molecule is CCn1nccc1C(C)NC(=O)C(C)n1ncc(Cl)c1C. The summed E-state index contributed by atoms with van der Waals surface area (Å²) in [4.78, 5) is 12.4.